The Morgan fingerprint density at radius 1 is 1.09 bits per heavy atom. The lowest BCUT2D eigenvalue weighted by Gasteiger charge is -2.38. The quantitative estimate of drug-likeness (QED) is 0.141. The van der Waals surface area contributed by atoms with E-state index in [0.717, 1.165) is 41.5 Å². The predicted octanol–water partition coefficient (Wildman–Crippen LogP) is 5.83. The summed E-state index contributed by atoms with van der Waals surface area (Å²) in [6.07, 6.45) is 6.07. The van der Waals surface area contributed by atoms with Gasteiger partial charge in [0, 0.05) is 35.7 Å². The molecular formula is C34H42N6O5. The molecule has 0 saturated carbocycles. The van der Waals surface area contributed by atoms with Crippen LogP contribution in [0.2, 0.25) is 0 Å². The molecule has 0 fully saturated rings. The molecule has 2 aromatic heterocycles. The minimum Gasteiger partial charge on any atom is -0.481 e. The van der Waals surface area contributed by atoms with Crippen LogP contribution in [0.3, 0.4) is 0 Å². The van der Waals surface area contributed by atoms with E-state index in [9.17, 15) is 19.5 Å². The lowest BCUT2D eigenvalue weighted by Crippen LogP contribution is -2.44. The van der Waals surface area contributed by atoms with Crippen molar-refractivity contribution in [1.82, 2.24) is 30.0 Å². The van der Waals surface area contributed by atoms with Gasteiger partial charge < -0.3 is 9.84 Å². The summed E-state index contributed by atoms with van der Waals surface area (Å²) in [4.78, 5) is 39.9. The van der Waals surface area contributed by atoms with E-state index in [1.54, 1.807) is 11.6 Å². The van der Waals surface area contributed by atoms with Gasteiger partial charge in [-0.3, -0.25) is 19.1 Å². The van der Waals surface area contributed by atoms with E-state index >= 15 is 0 Å². The van der Waals surface area contributed by atoms with Gasteiger partial charge in [0.25, 0.3) is 5.56 Å². The lowest BCUT2D eigenvalue weighted by molar-refractivity contribution is -0.166. The normalized spacial score (nSPS) is 18.1. The summed E-state index contributed by atoms with van der Waals surface area (Å²) in [7, 11) is 0. The maximum atomic E-state index is 14.1. The Kier molecular flexibility index (Phi) is 9.95. The lowest BCUT2D eigenvalue weighted by atomic mass is 9.79. The number of H-pyrrole nitrogens is 1. The van der Waals surface area contributed by atoms with Crippen LogP contribution in [0.25, 0.3) is 22.5 Å². The number of carboxylic acid groups (broad SMARTS) is 1. The number of carbonyl (C=O) groups is 2. The number of ether oxygens (including phenoxy) is 1. The van der Waals surface area contributed by atoms with Crippen LogP contribution in [-0.2, 0) is 20.7 Å². The molecule has 5 unspecified atom stereocenters. The number of carboxylic acids is 1. The van der Waals surface area contributed by atoms with Crippen molar-refractivity contribution in [1.29, 1.82) is 0 Å². The van der Waals surface area contributed by atoms with Gasteiger partial charge in [-0.05, 0) is 66.6 Å². The predicted molar refractivity (Wildman–Crippen MR) is 170 cm³/mol. The molecule has 11 nitrogen and oxygen atoms in total. The molecule has 3 heterocycles. The van der Waals surface area contributed by atoms with E-state index in [4.69, 9.17) is 4.74 Å². The molecule has 238 valence electrons. The van der Waals surface area contributed by atoms with Crippen molar-refractivity contribution in [3.63, 3.8) is 0 Å². The third-order valence-corrected chi connectivity index (χ3v) is 9.08. The molecule has 1 aliphatic rings. The third-order valence-electron chi connectivity index (χ3n) is 9.08. The van der Waals surface area contributed by atoms with E-state index in [0.29, 0.717) is 37.1 Å². The number of unbranched alkanes of at least 4 members (excludes halogenated alkanes) is 1. The van der Waals surface area contributed by atoms with Crippen molar-refractivity contribution in [3.05, 3.63) is 76.2 Å². The Balaban J connectivity index is 1.45. The molecular weight excluding hydrogens is 572 g/mol. The summed E-state index contributed by atoms with van der Waals surface area (Å²) < 4.78 is 9.23. The highest BCUT2D eigenvalue weighted by atomic mass is 16.5. The summed E-state index contributed by atoms with van der Waals surface area (Å²) in [5.74, 6) is -3.24. The molecule has 0 bridgehead atoms. The number of hydrogen-bond donors (Lipinski definition) is 2. The van der Waals surface area contributed by atoms with E-state index in [2.05, 4.69) is 27.5 Å². The zero-order valence-corrected chi connectivity index (χ0v) is 26.3. The standard InChI is InChI=1S/C34H42N6O5/c1-5-7-10-28(30(33(42)43)34(44)45-22(4)6-2)29-18-13-21(3)39-20-25(32(41)40(29)39)19-23-14-16-24(17-15-23)26-11-8-9-12-27(26)31-35-37-38-36-31/h8-9,11-12,14-17,20-22,28-30H,5-7,10,13,18-19H2,1-4H3,(H,42,43)(H,35,36,37,38). The highest BCUT2D eigenvalue weighted by molar-refractivity contribution is 5.94. The Hall–Kier alpha value is -4.54. The molecule has 0 radical (unpaired) electrons. The Morgan fingerprint density at radius 2 is 1.82 bits per heavy atom. The number of aliphatic carboxylic acids is 1. The largest absolute Gasteiger partial charge is 0.481 e. The van der Waals surface area contributed by atoms with Crippen LogP contribution < -0.4 is 5.56 Å². The van der Waals surface area contributed by atoms with Gasteiger partial charge in [-0.25, -0.2) is 9.78 Å². The average molecular weight is 615 g/mol. The maximum Gasteiger partial charge on any atom is 0.320 e. The fourth-order valence-electron chi connectivity index (χ4n) is 6.45. The first kappa shape index (κ1) is 31.9. The Morgan fingerprint density at radius 3 is 2.47 bits per heavy atom. The fourth-order valence-corrected chi connectivity index (χ4v) is 6.45. The van der Waals surface area contributed by atoms with Gasteiger partial charge in [-0.1, -0.05) is 75.2 Å². The van der Waals surface area contributed by atoms with Crippen LogP contribution in [0.5, 0.6) is 0 Å². The van der Waals surface area contributed by atoms with Crippen molar-refractivity contribution in [2.24, 2.45) is 11.8 Å². The van der Waals surface area contributed by atoms with Crippen LogP contribution in [0.1, 0.15) is 89.4 Å². The van der Waals surface area contributed by atoms with Gasteiger partial charge >= 0.3 is 11.9 Å². The molecule has 5 atom stereocenters. The average Bonchev–Trinajstić information content (AvgIpc) is 3.69. The molecule has 1 aliphatic heterocycles. The molecule has 2 aromatic carbocycles. The molecule has 45 heavy (non-hydrogen) atoms. The SMILES string of the molecule is CCCCC(C(C(=O)O)C(=O)OC(C)CC)C1CCC(C)n2cc(Cc3ccc(-c4ccccc4-c4nnn[nH]4)cc3)c(=O)n21. The van der Waals surface area contributed by atoms with Crippen molar-refractivity contribution < 1.29 is 19.4 Å². The molecule has 0 spiro atoms. The number of hydrogen-bond acceptors (Lipinski definition) is 7. The van der Waals surface area contributed by atoms with E-state index in [1.165, 1.54) is 0 Å². The number of benzene rings is 2. The first-order chi connectivity index (χ1) is 21.7. The number of aromatic amines is 1. The highest BCUT2D eigenvalue weighted by Crippen LogP contribution is 2.39. The van der Waals surface area contributed by atoms with E-state index < -0.39 is 29.8 Å². The second-order valence-corrected chi connectivity index (χ2v) is 12.1. The van der Waals surface area contributed by atoms with Crippen LogP contribution in [0.4, 0.5) is 0 Å². The number of rotatable bonds is 13. The first-order valence-electron chi connectivity index (χ1n) is 15.9. The smallest absolute Gasteiger partial charge is 0.320 e. The zero-order chi connectivity index (χ0) is 32.1. The topological polar surface area (TPSA) is 145 Å². The van der Waals surface area contributed by atoms with Crippen LogP contribution in [0, 0.1) is 11.8 Å². The number of nitrogens with zero attached hydrogens (tertiary/aromatic N) is 5. The van der Waals surface area contributed by atoms with Crippen LogP contribution in [-0.4, -0.2) is 53.1 Å². The van der Waals surface area contributed by atoms with Gasteiger partial charge in [-0.2, -0.15) is 0 Å². The van der Waals surface area contributed by atoms with E-state index in [1.807, 2.05) is 73.3 Å². The maximum absolute atomic E-state index is 14.1. The Labute approximate surface area is 262 Å². The summed E-state index contributed by atoms with van der Waals surface area (Å²) >= 11 is 0. The molecule has 0 saturated heterocycles. The van der Waals surface area contributed by atoms with Crippen molar-refractivity contribution in [3.8, 4) is 22.5 Å². The number of tetrazole rings is 1. The molecule has 11 heteroatoms. The van der Waals surface area contributed by atoms with Crippen LogP contribution in [0.15, 0.2) is 59.5 Å². The van der Waals surface area contributed by atoms with Crippen LogP contribution >= 0.6 is 0 Å². The number of aromatic nitrogens is 6. The molecule has 5 rings (SSSR count). The van der Waals surface area contributed by atoms with Gasteiger partial charge in [0.15, 0.2) is 11.7 Å². The van der Waals surface area contributed by atoms with Crippen molar-refractivity contribution in [2.75, 3.05) is 0 Å². The van der Waals surface area contributed by atoms with Gasteiger partial charge in [-0.15, -0.1) is 5.10 Å². The molecule has 4 aromatic rings. The second-order valence-electron chi connectivity index (χ2n) is 12.1. The van der Waals surface area contributed by atoms with Gasteiger partial charge in [0.1, 0.15) is 0 Å². The first-order valence-corrected chi connectivity index (χ1v) is 15.9. The summed E-state index contributed by atoms with van der Waals surface area (Å²) in [6.45, 7) is 7.76. The summed E-state index contributed by atoms with van der Waals surface area (Å²) in [5.41, 5.74) is 4.34. The third kappa shape index (κ3) is 6.77. The summed E-state index contributed by atoms with van der Waals surface area (Å²) in [5, 5.41) is 24.6. The van der Waals surface area contributed by atoms with Gasteiger partial charge in [0.05, 0.1) is 12.1 Å². The van der Waals surface area contributed by atoms with Crippen molar-refractivity contribution in [2.45, 2.75) is 90.8 Å². The minimum absolute atomic E-state index is 0.0642. The monoisotopic (exact) mass is 614 g/mol. The number of carbonyl (C=O) groups excluding carboxylic acids is 1. The molecule has 0 amide bonds. The molecule has 2 N–H and O–H groups in total. The second kappa shape index (κ2) is 14.0. The molecule has 0 aliphatic carbocycles. The zero-order valence-electron chi connectivity index (χ0n) is 26.3. The number of esters is 1. The number of nitrogens with one attached hydrogen (secondary N) is 1. The summed E-state index contributed by atoms with van der Waals surface area (Å²) in [6, 6.07) is 15.6. The fraction of sp³-hybridized carbons (Fsp3) is 0.471. The van der Waals surface area contributed by atoms with Gasteiger partial charge in [0.2, 0.25) is 0 Å². The highest BCUT2D eigenvalue weighted by Gasteiger charge is 2.44. The Bertz CT molecular complexity index is 1660. The van der Waals surface area contributed by atoms with E-state index in [-0.39, 0.29) is 17.7 Å². The minimum atomic E-state index is -1.34. The number of fused-ring (bicyclic) bond motifs is 1. The van der Waals surface area contributed by atoms with Crippen molar-refractivity contribution >= 4 is 11.9 Å².